The van der Waals surface area contributed by atoms with Gasteiger partial charge in [-0.3, -0.25) is 4.79 Å². The average Bonchev–Trinajstić information content (AvgIpc) is 2.53. The van der Waals surface area contributed by atoms with E-state index in [1.54, 1.807) is 25.3 Å². The summed E-state index contributed by atoms with van der Waals surface area (Å²) >= 11 is 3.35. The average molecular weight is 347 g/mol. The summed E-state index contributed by atoms with van der Waals surface area (Å²) in [6, 6.07) is 14.8. The summed E-state index contributed by atoms with van der Waals surface area (Å²) < 4.78 is 5.85. The van der Waals surface area contributed by atoms with Gasteiger partial charge < -0.3 is 4.74 Å². The van der Waals surface area contributed by atoms with Crippen LogP contribution < -0.4 is 10.2 Å². The van der Waals surface area contributed by atoms with Gasteiger partial charge in [0, 0.05) is 5.56 Å². The minimum Gasteiger partial charge on any atom is -0.496 e. The Kier molecular flexibility index (Phi) is 5.11. The Balaban J connectivity index is 2.10. The van der Waals surface area contributed by atoms with Crippen LogP contribution in [0.2, 0.25) is 0 Å². The molecule has 4 nitrogen and oxygen atoms in total. The Hall–Kier alpha value is -2.14. The second-order valence-electron chi connectivity index (χ2n) is 4.35. The SMILES string of the molecule is COc1ccc(C(=O)N/N=C(\C)c2ccccc2)cc1Br. The van der Waals surface area contributed by atoms with Crippen molar-refractivity contribution in [3.8, 4) is 5.75 Å². The molecule has 0 bridgehead atoms. The predicted molar refractivity (Wildman–Crippen MR) is 86.8 cm³/mol. The lowest BCUT2D eigenvalue weighted by Crippen LogP contribution is -2.19. The van der Waals surface area contributed by atoms with Crippen LogP contribution in [0.5, 0.6) is 5.75 Å². The van der Waals surface area contributed by atoms with Crippen LogP contribution in [0.4, 0.5) is 0 Å². The standard InChI is InChI=1S/C16H15BrN2O2/c1-11(12-6-4-3-5-7-12)18-19-16(20)13-8-9-15(21-2)14(17)10-13/h3-10H,1-2H3,(H,19,20)/b18-11+. The smallest absolute Gasteiger partial charge is 0.271 e. The fraction of sp³-hybridized carbons (Fsp3) is 0.125. The lowest BCUT2D eigenvalue weighted by atomic mass is 10.1. The van der Waals surface area contributed by atoms with Crippen molar-refractivity contribution in [3.05, 3.63) is 64.1 Å². The highest BCUT2D eigenvalue weighted by Gasteiger charge is 2.08. The maximum absolute atomic E-state index is 12.1. The molecule has 0 saturated carbocycles. The number of ether oxygens (including phenoxy) is 1. The highest BCUT2D eigenvalue weighted by molar-refractivity contribution is 9.10. The Morgan fingerprint density at radius 1 is 1.14 bits per heavy atom. The molecular formula is C16H15BrN2O2. The van der Waals surface area contributed by atoms with Gasteiger partial charge in [0.2, 0.25) is 0 Å². The summed E-state index contributed by atoms with van der Waals surface area (Å²) in [6.07, 6.45) is 0. The Morgan fingerprint density at radius 2 is 1.86 bits per heavy atom. The van der Waals surface area contributed by atoms with Crippen LogP contribution in [0.1, 0.15) is 22.8 Å². The van der Waals surface area contributed by atoms with E-state index >= 15 is 0 Å². The highest BCUT2D eigenvalue weighted by atomic mass is 79.9. The topological polar surface area (TPSA) is 50.7 Å². The number of methoxy groups -OCH3 is 1. The van der Waals surface area contributed by atoms with Gasteiger partial charge in [-0.05, 0) is 46.6 Å². The number of carbonyl (C=O) groups is 1. The monoisotopic (exact) mass is 346 g/mol. The van der Waals surface area contributed by atoms with E-state index in [1.807, 2.05) is 37.3 Å². The molecule has 0 aliphatic heterocycles. The summed E-state index contributed by atoms with van der Waals surface area (Å²) in [5.74, 6) is 0.407. The normalized spacial score (nSPS) is 11.1. The lowest BCUT2D eigenvalue weighted by molar-refractivity contribution is 0.0954. The summed E-state index contributed by atoms with van der Waals surface area (Å²) in [4.78, 5) is 12.1. The molecule has 2 aromatic rings. The zero-order valence-corrected chi connectivity index (χ0v) is 13.3. The number of benzene rings is 2. The van der Waals surface area contributed by atoms with Crippen molar-refractivity contribution < 1.29 is 9.53 Å². The van der Waals surface area contributed by atoms with Gasteiger partial charge in [0.1, 0.15) is 5.75 Å². The van der Waals surface area contributed by atoms with E-state index < -0.39 is 0 Å². The number of hydrazone groups is 1. The molecule has 0 heterocycles. The first-order valence-corrected chi connectivity index (χ1v) is 7.14. The quantitative estimate of drug-likeness (QED) is 0.679. The van der Waals surface area contributed by atoms with Crippen molar-refractivity contribution in [2.24, 2.45) is 5.10 Å². The molecule has 0 saturated heterocycles. The van der Waals surface area contributed by atoms with Crippen molar-refractivity contribution in [1.82, 2.24) is 5.43 Å². The molecule has 0 fully saturated rings. The molecule has 108 valence electrons. The number of hydrogen-bond donors (Lipinski definition) is 1. The first-order valence-electron chi connectivity index (χ1n) is 6.35. The molecule has 2 aromatic carbocycles. The van der Waals surface area contributed by atoms with Crippen molar-refractivity contribution in [2.45, 2.75) is 6.92 Å². The van der Waals surface area contributed by atoms with Gasteiger partial charge in [0.25, 0.3) is 5.91 Å². The molecule has 1 N–H and O–H groups in total. The minimum absolute atomic E-state index is 0.270. The summed E-state index contributed by atoms with van der Waals surface area (Å²) in [6.45, 7) is 1.85. The van der Waals surface area contributed by atoms with E-state index in [4.69, 9.17) is 4.74 Å². The van der Waals surface area contributed by atoms with Crippen LogP contribution in [0.25, 0.3) is 0 Å². The minimum atomic E-state index is -0.270. The Morgan fingerprint density at radius 3 is 2.48 bits per heavy atom. The van der Waals surface area contributed by atoms with Crippen LogP contribution in [0.3, 0.4) is 0 Å². The van der Waals surface area contributed by atoms with E-state index in [9.17, 15) is 4.79 Å². The van der Waals surface area contributed by atoms with Gasteiger partial charge in [0.15, 0.2) is 0 Å². The highest BCUT2D eigenvalue weighted by Crippen LogP contribution is 2.25. The van der Waals surface area contributed by atoms with Gasteiger partial charge in [0.05, 0.1) is 17.3 Å². The first-order chi connectivity index (χ1) is 10.1. The van der Waals surface area contributed by atoms with Gasteiger partial charge in [-0.25, -0.2) is 5.43 Å². The van der Waals surface area contributed by atoms with Gasteiger partial charge in [-0.2, -0.15) is 5.10 Å². The number of nitrogens with one attached hydrogen (secondary N) is 1. The number of carbonyl (C=O) groups excluding carboxylic acids is 1. The van der Waals surface area contributed by atoms with Gasteiger partial charge in [-0.15, -0.1) is 0 Å². The number of nitrogens with zero attached hydrogens (tertiary/aromatic N) is 1. The predicted octanol–water partition coefficient (Wildman–Crippen LogP) is 3.61. The molecule has 1 amide bonds. The third-order valence-corrected chi connectivity index (χ3v) is 3.55. The number of rotatable bonds is 4. The Bertz CT molecular complexity index is 669. The molecule has 0 aliphatic carbocycles. The second kappa shape index (κ2) is 7.04. The van der Waals surface area contributed by atoms with E-state index in [0.717, 1.165) is 15.7 Å². The zero-order valence-electron chi connectivity index (χ0n) is 11.8. The first kappa shape index (κ1) is 15.3. The third kappa shape index (κ3) is 3.92. The largest absolute Gasteiger partial charge is 0.496 e. The maximum atomic E-state index is 12.1. The van der Waals surface area contributed by atoms with Gasteiger partial charge >= 0.3 is 0 Å². The molecule has 0 atom stereocenters. The third-order valence-electron chi connectivity index (χ3n) is 2.93. The molecule has 0 unspecified atom stereocenters. The summed E-state index contributed by atoms with van der Waals surface area (Å²) in [5, 5.41) is 4.11. The molecule has 21 heavy (non-hydrogen) atoms. The maximum Gasteiger partial charge on any atom is 0.271 e. The van der Waals surface area contributed by atoms with Crippen LogP contribution in [0, 0.1) is 0 Å². The molecule has 0 aromatic heterocycles. The van der Waals surface area contributed by atoms with Crippen molar-refractivity contribution in [2.75, 3.05) is 7.11 Å². The Labute approximate surface area is 132 Å². The van der Waals surface area contributed by atoms with Crippen molar-refractivity contribution >= 4 is 27.5 Å². The van der Waals surface area contributed by atoms with E-state index in [2.05, 4.69) is 26.5 Å². The second-order valence-corrected chi connectivity index (χ2v) is 5.21. The van der Waals surface area contributed by atoms with Crippen molar-refractivity contribution in [1.29, 1.82) is 0 Å². The number of halogens is 1. The van der Waals surface area contributed by atoms with Crippen molar-refractivity contribution in [3.63, 3.8) is 0 Å². The molecular weight excluding hydrogens is 332 g/mol. The fourth-order valence-corrected chi connectivity index (χ4v) is 2.29. The fourth-order valence-electron chi connectivity index (χ4n) is 1.75. The molecule has 0 aliphatic rings. The molecule has 2 rings (SSSR count). The number of hydrogen-bond acceptors (Lipinski definition) is 3. The molecule has 0 spiro atoms. The number of amides is 1. The lowest BCUT2D eigenvalue weighted by Gasteiger charge is -2.06. The zero-order chi connectivity index (χ0) is 15.2. The molecule has 0 radical (unpaired) electrons. The van der Waals surface area contributed by atoms with Gasteiger partial charge in [-0.1, -0.05) is 30.3 Å². The van der Waals surface area contributed by atoms with E-state index in [0.29, 0.717) is 11.3 Å². The van der Waals surface area contributed by atoms with Crippen LogP contribution in [0.15, 0.2) is 58.1 Å². The summed E-state index contributed by atoms with van der Waals surface area (Å²) in [7, 11) is 1.58. The molecule has 5 heteroatoms. The van der Waals surface area contributed by atoms with Crippen LogP contribution >= 0.6 is 15.9 Å². The van der Waals surface area contributed by atoms with Crippen LogP contribution in [-0.2, 0) is 0 Å². The van der Waals surface area contributed by atoms with E-state index in [-0.39, 0.29) is 5.91 Å². The van der Waals surface area contributed by atoms with E-state index in [1.165, 1.54) is 0 Å². The van der Waals surface area contributed by atoms with Crippen LogP contribution in [-0.4, -0.2) is 18.7 Å². The summed E-state index contributed by atoms with van der Waals surface area (Å²) in [5.41, 5.74) is 4.77.